The van der Waals surface area contributed by atoms with Gasteiger partial charge in [0.05, 0.1) is 5.69 Å². The Morgan fingerprint density at radius 2 is 1.90 bits per heavy atom. The third kappa shape index (κ3) is 3.44. The summed E-state index contributed by atoms with van der Waals surface area (Å²) >= 11 is 0. The molecule has 112 valence electrons. The number of aromatic nitrogens is 4. The van der Waals surface area contributed by atoms with Crippen molar-refractivity contribution in [2.24, 2.45) is 14.1 Å². The maximum Gasteiger partial charge on any atom is 0.435 e. The Labute approximate surface area is 120 Å². The van der Waals surface area contributed by atoms with E-state index in [1.807, 2.05) is 6.92 Å². The molecule has 2 heterocycles. The molecule has 0 bridgehead atoms. The Morgan fingerprint density at radius 3 is 2.40 bits per heavy atom. The highest BCUT2D eigenvalue weighted by atomic mass is 35.5. The van der Waals surface area contributed by atoms with Crippen molar-refractivity contribution in [2.45, 2.75) is 19.6 Å². The molecule has 1 N–H and O–H groups in total. The van der Waals surface area contributed by atoms with E-state index in [1.165, 1.54) is 13.2 Å². The van der Waals surface area contributed by atoms with Crippen molar-refractivity contribution >= 4 is 18.2 Å². The first-order chi connectivity index (χ1) is 8.77. The fourth-order valence-corrected chi connectivity index (χ4v) is 1.87. The van der Waals surface area contributed by atoms with E-state index in [0.717, 1.165) is 10.4 Å². The Bertz CT molecular complexity index is 587. The van der Waals surface area contributed by atoms with E-state index in [1.54, 1.807) is 17.8 Å². The number of anilines is 1. The maximum absolute atomic E-state index is 12.7. The van der Waals surface area contributed by atoms with Crippen molar-refractivity contribution in [2.75, 3.05) is 5.32 Å². The molecule has 0 unspecified atom stereocenters. The van der Waals surface area contributed by atoms with E-state index in [2.05, 4.69) is 15.5 Å². The van der Waals surface area contributed by atoms with Crippen molar-refractivity contribution in [1.82, 2.24) is 19.6 Å². The molecule has 0 aliphatic heterocycles. The van der Waals surface area contributed by atoms with Crippen LogP contribution in [0.5, 0.6) is 0 Å². The third-order valence-electron chi connectivity index (χ3n) is 2.64. The number of nitrogens with one attached hydrogen (secondary N) is 1. The van der Waals surface area contributed by atoms with Crippen LogP contribution in [0.2, 0.25) is 0 Å². The molecule has 2 rings (SSSR count). The molecule has 5 nitrogen and oxygen atoms in total. The lowest BCUT2D eigenvalue weighted by Crippen LogP contribution is -2.12. The van der Waals surface area contributed by atoms with Crippen LogP contribution in [-0.2, 0) is 26.8 Å². The van der Waals surface area contributed by atoms with Gasteiger partial charge in [-0.15, -0.1) is 12.4 Å². The van der Waals surface area contributed by atoms with Gasteiger partial charge in [-0.2, -0.15) is 23.4 Å². The van der Waals surface area contributed by atoms with Crippen molar-refractivity contribution in [3.8, 4) is 0 Å². The van der Waals surface area contributed by atoms with Gasteiger partial charge in [0.15, 0.2) is 5.69 Å². The zero-order valence-electron chi connectivity index (χ0n) is 11.2. The van der Waals surface area contributed by atoms with Crippen LogP contribution in [0.3, 0.4) is 0 Å². The molecular weight excluding hydrogens is 295 g/mol. The maximum atomic E-state index is 12.7. The highest BCUT2D eigenvalue weighted by molar-refractivity contribution is 5.85. The minimum atomic E-state index is -4.44. The molecule has 9 heteroatoms. The Morgan fingerprint density at radius 1 is 1.25 bits per heavy atom. The van der Waals surface area contributed by atoms with Gasteiger partial charge < -0.3 is 5.32 Å². The number of aryl methyl sites for hydroxylation is 3. The van der Waals surface area contributed by atoms with E-state index in [-0.39, 0.29) is 24.5 Å². The van der Waals surface area contributed by atoms with Gasteiger partial charge >= 0.3 is 6.18 Å². The number of rotatable bonds is 3. The van der Waals surface area contributed by atoms with Gasteiger partial charge in [-0.1, -0.05) is 0 Å². The van der Waals surface area contributed by atoms with E-state index in [4.69, 9.17) is 0 Å². The van der Waals surface area contributed by atoms with Crippen LogP contribution in [0.15, 0.2) is 12.3 Å². The lowest BCUT2D eigenvalue weighted by Gasteiger charge is -2.08. The van der Waals surface area contributed by atoms with Gasteiger partial charge in [-0.05, 0) is 6.92 Å². The van der Waals surface area contributed by atoms with Gasteiger partial charge in [-0.25, -0.2) is 0 Å². The first-order valence-corrected chi connectivity index (χ1v) is 5.61. The normalized spacial score (nSPS) is 11.3. The lowest BCUT2D eigenvalue weighted by atomic mass is 10.2. The molecule has 0 spiro atoms. The smallest absolute Gasteiger partial charge is 0.366 e. The van der Waals surface area contributed by atoms with Gasteiger partial charge in [0.2, 0.25) is 0 Å². The minimum absolute atomic E-state index is 0. The summed E-state index contributed by atoms with van der Waals surface area (Å²) in [4.78, 5) is 0. The first kappa shape index (κ1) is 16.4. The highest BCUT2D eigenvalue weighted by Gasteiger charge is 2.36. The zero-order valence-corrected chi connectivity index (χ0v) is 12.0. The molecule has 0 saturated carbocycles. The number of alkyl halides is 3. The fraction of sp³-hybridized carbons (Fsp3) is 0.455. The van der Waals surface area contributed by atoms with E-state index in [0.29, 0.717) is 5.82 Å². The van der Waals surface area contributed by atoms with E-state index >= 15 is 0 Å². The summed E-state index contributed by atoms with van der Waals surface area (Å²) in [6.07, 6.45) is -3.08. The van der Waals surface area contributed by atoms with Crippen LogP contribution in [0, 0.1) is 6.92 Å². The Kier molecular flexibility index (Phi) is 4.69. The summed E-state index contributed by atoms with van der Waals surface area (Å²) in [5, 5.41) is 10.5. The van der Waals surface area contributed by atoms with Crippen molar-refractivity contribution in [1.29, 1.82) is 0 Å². The monoisotopic (exact) mass is 309 g/mol. The van der Waals surface area contributed by atoms with Crippen molar-refractivity contribution in [3.63, 3.8) is 0 Å². The number of nitrogens with zero attached hydrogens (tertiary/aromatic N) is 4. The predicted molar refractivity (Wildman–Crippen MR) is 70.7 cm³/mol. The van der Waals surface area contributed by atoms with Gasteiger partial charge in [0.25, 0.3) is 0 Å². The molecule has 0 aliphatic rings. The summed E-state index contributed by atoms with van der Waals surface area (Å²) in [6.45, 7) is 1.86. The average molecular weight is 310 g/mol. The van der Waals surface area contributed by atoms with Gasteiger partial charge in [-0.3, -0.25) is 9.36 Å². The summed E-state index contributed by atoms with van der Waals surface area (Å²) in [7, 11) is 3.19. The molecule has 2 aromatic heterocycles. The minimum Gasteiger partial charge on any atom is -0.366 e. The second-order valence-corrected chi connectivity index (χ2v) is 4.32. The van der Waals surface area contributed by atoms with Crippen LogP contribution in [0.1, 0.15) is 17.0 Å². The predicted octanol–water partition coefficient (Wildman–Crippen LogP) is 2.51. The lowest BCUT2D eigenvalue weighted by molar-refractivity contribution is -0.142. The molecule has 0 fully saturated rings. The number of hydrogen-bond acceptors (Lipinski definition) is 3. The van der Waals surface area contributed by atoms with Crippen molar-refractivity contribution < 1.29 is 13.2 Å². The molecule has 0 aliphatic carbocycles. The third-order valence-corrected chi connectivity index (χ3v) is 2.64. The quantitative estimate of drug-likeness (QED) is 0.947. The van der Waals surface area contributed by atoms with E-state index in [9.17, 15) is 13.2 Å². The fourth-order valence-electron chi connectivity index (χ4n) is 1.87. The van der Waals surface area contributed by atoms with Gasteiger partial charge in [0.1, 0.15) is 5.82 Å². The summed E-state index contributed by atoms with van der Waals surface area (Å²) in [5.74, 6) is 0.662. The van der Waals surface area contributed by atoms with Crippen LogP contribution in [-0.4, -0.2) is 19.6 Å². The number of halogens is 4. The summed E-state index contributed by atoms with van der Waals surface area (Å²) < 4.78 is 41.0. The Hall–Kier alpha value is -1.70. The topological polar surface area (TPSA) is 47.7 Å². The Balaban J connectivity index is 0.00000200. The zero-order chi connectivity index (χ0) is 14.2. The first-order valence-electron chi connectivity index (χ1n) is 5.61. The molecule has 20 heavy (non-hydrogen) atoms. The second kappa shape index (κ2) is 5.74. The van der Waals surface area contributed by atoms with Crippen LogP contribution in [0.25, 0.3) is 0 Å². The largest absolute Gasteiger partial charge is 0.435 e. The van der Waals surface area contributed by atoms with Crippen LogP contribution < -0.4 is 5.32 Å². The van der Waals surface area contributed by atoms with Crippen molar-refractivity contribution in [3.05, 3.63) is 29.2 Å². The SMILES string of the molecule is Cc1cc(NCc2cn(C)nc2C(F)(F)F)n(C)n1.Cl. The highest BCUT2D eigenvalue weighted by Crippen LogP contribution is 2.30. The second-order valence-electron chi connectivity index (χ2n) is 4.32. The molecular formula is C11H15ClF3N5. The van der Waals surface area contributed by atoms with Gasteiger partial charge in [0, 0.05) is 38.5 Å². The molecule has 0 amide bonds. The van der Waals surface area contributed by atoms with Crippen LogP contribution >= 0.6 is 12.4 Å². The molecule has 0 saturated heterocycles. The van der Waals surface area contributed by atoms with E-state index < -0.39 is 11.9 Å². The molecule has 0 atom stereocenters. The molecule has 0 aromatic carbocycles. The standard InChI is InChI=1S/C11H14F3N5.ClH/c1-7-4-9(19(3)16-7)15-5-8-6-18(2)17-10(8)11(12,13)14;/h4,6,15H,5H2,1-3H3;1H. The molecule has 0 radical (unpaired) electrons. The van der Waals surface area contributed by atoms with Crippen LogP contribution in [0.4, 0.5) is 19.0 Å². The number of hydrogen-bond donors (Lipinski definition) is 1. The summed E-state index contributed by atoms with van der Waals surface area (Å²) in [5.41, 5.74) is 0.0440. The average Bonchev–Trinajstić information content (AvgIpc) is 2.78. The summed E-state index contributed by atoms with van der Waals surface area (Å²) in [6, 6.07) is 1.77. The molecule has 2 aromatic rings.